The zero-order chi connectivity index (χ0) is 17.7. The summed E-state index contributed by atoms with van der Waals surface area (Å²) in [7, 11) is 0. The molecular weight excluding hydrogens is 300 g/mol. The summed E-state index contributed by atoms with van der Waals surface area (Å²) in [6, 6.07) is 10.6. The predicted octanol–water partition coefficient (Wildman–Crippen LogP) is 2.17. The number of nitriles is 1. The van der Waals surface area contributed by atoms with Crippen LogP contribution < -0.4 is 10.2 Å². The van der Waals surface area contributed by atoms with E-state index in [1.807, 2.05) is 13.8 Å². The molecule has 0 aliphatic carbocycles. The monoisotopic (exact) mass is 328 g/mol. The molecule has 0 spiro atoms. The van der Waals surface area contributed by atoms with E-state index in [2.05, 4.69) is 52.4 Å². The van der Waals surface area contributed by atoms with Crippen molar-refractivity contribution < 1.29 is 4.79 Å². The van der Waals surface area contributed by atoms with Gasteiger partial charge in [0, 0.05) is 31.9 Å². The number of para-hydroxylation sites is 1. The molecule has 1 aromatic carbocycles. The van der Waals surface area contributed by atoms with E-state index in [0.29, 0.717) is 6.54 Å². The van der Waals surface area contributed by atoms with Crippen LogP contribution in [0.4, 0.5) is 5.69 Å². The molecule has 130 valence electrons. The van der Waals surface area contributed by atoms with Crippen LogP contribution in [0.25, 0.3) is 0 Å². The summed E-state index contributed by atoms with van der Waals surface area (Å²) < 4.78 is 0. The van der Waals surface area contributed by atoms with Crippen molar-refractivity contribution in [1.82, 2.24) is 10.2 Å². The van der Waals surface area contributed by atoms with Crippen molar-refractivity contribution in [3.8, 4) is 6.07 Å². The fourth-order valence-electron chi connectivity index (χ4n) is 2.90. The van der Waals surface area contributed by atoms with Crippen LogP contribution in [0.2, 0.25) is 0 Å². The molecule has 1 aromatic rings. The summed E-state index contributed by atoms with van der Waals surface area (Å²) >= 11 is 0. The number of rotatable bonds is 5. The molecule has 5 heteroatoms. The van der Waals surface area contributed by atoms with Gasteiger partial charge in [-0.1, -0.05) is 32.0 Å². The topological polar surface area (TPSA) is 59.4 Å². The summed E-state index contributed by atoms with van der Waals surface area (Å²) in [4.78, 5) is 16.8. The molecule has 1 saturated heterocycles. The number of nitrogens with zero attached hydrogens (tertiary/aromatic N) is 3. The molecule has 24 heavy (non-hydrogen) atoms. The largest absolute Gasteiger partial charge is 0.369 e. The number of nitrogens with one attached hydrogen (secondary N) is 1. The van der Waals surface area contributed by atoms with Crippen molar-refractivity contribution in [2.45, 2.75) is 33.2 Å². The second-order valence-corrected chi connectivity index (χ2v) is 7.07. The average molecular weight is 328 g/mol. The van der Waals surface area contributed by atoms with Gasteiger partial charge in [-0.2, -0.15) is 5.26 Å². The molecule has 1 atom stereocenters. The minimum absolute atomic E-state index is 0.0721. The van der Waals surface area contributed by atoms with Gasteiger partial charge in [-0.25, -0.2) is 0 Å². The summed E-state index contributed by atoms with van der Waals surface area (Å²) in [5.41, 5.74) is 1.75. The zero-order valence-corrected chi connectivity index (χ0v) is 15.2. The first kappa shape index (κ1) is 18.3. The number of carbonyl (C=O) groups is 1. The second kappa shape index (κ2) is 7.67. The molecule has 2 rings (SSSR count). The van der Waals surface area contributed by atoms with E-state index in [-0.39, 0.29) is 11.8 Å². The van der Waals surface area contributed by atoms with E-state index in [0.717, 1.165) is 26.2 Å². The highest BCUT2D eigenvalue weighted by Crippen LogP contribution is 2.21. The zero-order valence-electron chi connectivity index (χ0n) is 15.2. The summed E-state index contributed by atoms with van der Waals surface area (Å²) in [5.74, 6) is 0.00134. The lowest BCUT2D eigenvalue weighted by atomic mass is 9.90. The third-order valence-electron chi connectivity index (χ3n) is 4.98. The molecule has 0 radical (unpaired) electrons. The molecule has 0 aromatic heterocycles. The molecule has 1 fully saturated rings. The van der Waals surface area contributed by atoms with E-state index in [1.54, 1.807) is 6.92 Å². The van der Waals surface area contributed by atoms with Crippen LogP contribution in [-0.4, -0.2) is 49.1 Å². The Morgan fingerprint density at radius 1 is 1.29 bits per heavy atom. The Kier molecular flexibility index (Phi) is 5.84. The molecule has 0 saturated carbocycles. The van der Waals surface area contributed by atoms with Crippen molar-refractivity contribution in [3.05, 3.63) is 29.8 Å². The smallest absolute Gasteiger partial charge is 0.235 e. The lowest BCUT2D eigenvalue weighted by Crippen LogP contribution is -2.54. The summed E-state index contributed by atoms with van der Waals surface area (Å²) in [6.45, 7) is 11.7. The maximum Gasteiger partial charge on any atom is 0.235 e. The third kappa shape index (κ3) is 4.27. The molecule has 1 aliphatic heterocycles. The Bertz CT molecular complexity index is 614. The van der Waals surface area contributed by atoms with Crippen molar-refractivity contribution >= 4 is 11.6 Å². The second-order valence-electron chi connectivity index (χ2n) is 7.07. The van der Waals surface area contributed by atoms with Gasteiger partial charge in [-0.05, 0) is 31.4 Å². The summed E-state index contributed by atoms with van der Waals surface area (Å²) in [5, 5.41) is 12.2. The maximum atomic E-state index is 12.3. The van der Waals surface area contributed by atoms with Crippen LogP contribution in [0.1, 0.15) is 26.3 Å². The van der Waals surface area contributed by atoms with Gasteiger partial charge in [0.1, 0.15) is 5.54 Å². The molecule has 5 nitrogen and oxygen atoms in total. The number of benzene rings is 1. The van der Waals surface area contributed by atoms with Gasteiger partial charge >= 0.3 is 0 Å². The Balaban J connectivity index is 1.86. The van der Waals surface area contributed by atoms with E-state index >= 15 is 0 Å². The first-order valence-electron chi connectivity index (χ1n) is 8.61. The fourth-order valence-corrected chi connectivity index (χ4v) is 2.90. The van der Waals surface area contributed by atoms with Crippen molar-refractivity contribution in [2.75, 3.05) is 37.6 Å². The Morgan fingerprint density at radius 3 is 2.46 bits per heavy atom. The molecule has 1 heterocycles. The molecule has 1 amide bonds. The molecule has 0 unspecified atom stereocenters. The first-order valence-corrected chi connectivity index (χ1v) is 8.61. The standard InChI is InChI=1S/C19H28N4O/c1-15(2)19(4,14-20)21-18(24)13-22-9-11-23(12-10-22)17-8-6-5-7-16(17)3/h5-8,15H,9-13H2,1-4H3,(H,21,24)/t19-/m0/s1. The van der Waals surface area contributed by atoms with Gasteiger partial charge in [0.25, 0.3) is 0 Å². The number of hydrogen-bond acceptors (Lipinski definition) is 4. The van der Waals surface area contributed by atoms with Crippen molar-refractivity contribution in [2.24, 2.45) is 5.92 Å². The fraction of sp³-hybridized carbons (Fsp3) is 0.579. The van der Waals surface area contributed by atoms with Gasteiger partial charge < -0.3 is 10.2 Å². The van der Waals surface area contributed by atoms with Crippen LogP contribution in [0.15, 0.2) is 24.3 Å². The Labute approximate surface area is 145 Å². The SMILES string of the molecule is Cc1ccccc1N1CCN(CC(=O)N[C@@](C)(C#N)C(C)C)CC1. The van der Waals surface area contributed by atoms with E-state index in [1.165, 1.54) is 11.3 Å². The minimum atomic E-state index is -0.805. The van der Waals surface area contributed by atoms with Crippen LogP contribution in [-0.2, 0) is 4.79 Å². The lowest BCUT2D eigenvalue weighted by molar-refractivity contribution is -0.124. The van der Waals surface area contributed by atoms with E-state index in [4.69, 9.17) is 0 Å². The number of hydrogen-bond donors (Lipinski definition) is 1. The van der Waals surface area contributed by atoms with Crippen LogP contribution in [0.5, 0.6) is 0 Å². The number of carbonyl (C=O) groups excluding carboxylic acids is 1. The molecule has 1 aliphatic rings. The van der Waals surface area contributed by atoms with Crippen LogP contribution >= 0.6 is 0 Å². The van der Waals surface area contributed by atoms with Crippen LogP contribution in [0.3, 0.4) is 0 Å². The quantitative estimate of drug-likeness (QED) is 0.900. The predicted molar refractivity (Wildman–Crippen MR) is 96.8 cm³/mol. The minimum Gasteiger partial charge on any atom is -0.369 e. The van der Waals surface area contributed by atoms with Crippen molar-refractivity contribution in [3.63, 3.8) is 0 Å². The number of amides is 1. The highest BCUT2D eigenvalue weighted by Gasteiger charge is 2.30. The third-order valence-corrected chi connectivity index (χ3v) is 4.98. The number of aryl methyl sites for hydroxylation is 1. The summed E-state index contributed by atoms with van der Waals surface area (Å²) in [6.07, 6.45) is 0. The Hall–Kier alpha value is -2.06. The maximum absolute atomic E-state index is 12.3. The highest BCUT2D eigenvalue weighted by molar-refractivity contribution is 5.79. The molecule has 1 N–H and O–H groups in total. The highest BCUT2D eigenvalue weighted by atomic mass is 16.2. The number of anilines is 1. The van der Waals surface area contributed by atoms with Gasteiger partial charge in [0.15, 0.2) is 0 Å². The van der Waals surface area contributed by atoms with Gasteiger partial charge in [0.05, 0.1) is 12.6 Å². The van der Waals surface area contributed by atoms with Crippen LogP contribution in [0, 0.1) is 24.2 Å². The van der Waals surface area contributed by atoms with Gasteiger partial charge in [-0.15, -0.1) is 0 Å². The number of piperazine rings is 1. The van der Waals surface area contributed by atoms with Crippen molar-refractivity contribution in [1.29, 1.82) is 5.26 Å². The van der Waals surface area contributed by atoms with Gasteiger partial charge in [0.2, 0.25) is 5.91 Å². The normalized spacial score (nSPS) is 18.1. The first-order chi connectivity index (χ1) is 11.4. The molecular formula is C19H28N4O. The lowest BCUT2D eigenvalue weighted by Gasteiger charge is -2.37. The molecule has 0 bridgehead atoms. The Morgan fingerprint density at radius 2 is 1.92 bits per heavy atom. The van der Waals surface area contributed by atoms with Gasteiger partial charge in [-0.3, -0.25) is 9.69 Å². The van der Waals surface area contributed by atoms with E-state index in [9.17, 15) is 10.1 Å². The van der Waals surface area contributed by atoms with E-state index < -0.39 is 5.54 Å². The average Bonchev–Trinajstić information content (AvgIpc) is 2.55.